The summed E-state index contributed by atoms with van der Waals surface area (Å²) >= 11 is 0. The first-order valence-electron chi connectivity index (χ1n) is 9.08. The van der Waals surface area contributed by atoms with Gasteiger partial charge in [0.05, 0.1) is 18.9 Å². The van der Waals surface area contributed by atoms with Gasteiger partial charge >= 0.3 is 0 Å². The molecule has 2 N–H and O–H groups in total. The molecule has 0 aliphatic carbocycles. The maximum Gasteiger partial charge on any atom is 0.211 e. The van der Waals surface area contributed by atoms with Crippen LogP contribution in [0.2, 0.25) is 0 Å². The second kappa shape index (κ2) is 11.7. The van der Waals surface area contributed by atoms with Gasteiger partial charge in [-0.25, -0.2) is 12.7 Å². The lowest BCUT2D eigenvalue weighted by Gasteiger charge is -2.31. The second-order valence-electron chi connectivity index (χ2n) is 7.80. The molecule has 156 valence electrons. The quantitative estimate of drug-likeness (QED) is 0.315. The summed E-state index contributed by atoms with van der Waals surface area (Å²) in [6, 6.07) is 0. The summed E-state index contributed by atoms with van der Waals surface area (Å²) in [5.41, 5.74) is 0.0358. The van der Waals surface area contributed by atoms with Crippen molar-refractivity contribution < 1.29 is 13.2 Å². The molecule has 0 bridgehead atoms. The van der Waals surface area contributed by atoms with Crippen LogP contribution in [-0.2, 0) is 14.8 Å². The number of ether oxygens (including phenoxy) is 1. The van der Waals surface area contributed by atoms with Crippen molar-refractivity contribution in [3.05, 3.63) is 0 Å². The Kier molecular flexibility index (Phi) is 11.6. The Hall–Kier alpha value is -0.130. The van der Waals surface area contributed by atoms with Crippen LogP contribution in [-0.4, -0.2) is 70.9 Å². The van der Waals surface area contributed by atoms with Crippen LogP contribution >= 0.6 is 24.0 Å². The van der Waals surface area contributed by atoms with Gasteiger partial charge in [-0.3, -0.25) is 4.99 Å². The molecule has 1 aliphatic heterocycles. The molecule has 1 heterocycles. The molecule has 9 heteroatoms. The van der Waals surface area contributed by atoms with Crippen molar-refractivity contribution in [2.45, 2.75) is 46.6 Å². The first-order valence-corrected chi connectivity index (χ1v) is 10.9. The zero-order valence-corrected chi connectivity index (χ0v) is 20.2. The van der Waals surface area contributed by atoms with E-state index in [1.54, 1.807) is 11.4 Å². The molecule has 1 unspecified atom stereocenters. The number of hydrogen-bond acceptors (Lipinski definition) is 4. The van der Waals surface area contributed by atoms with Crippen molar-refractivity contribution >= 4 is 40.0 Å². The fourth-order valence-electron chi connectivity index (χ4n) is 2.90. The Bertz CT molecular complexity index is 527. The van der Waals surface area contributed by atoms with E-state index in [0.29, 0.717) is 25.6 Å². The summed E-state index contributed by atoms with van der Waals surface area (Å²) in [6.45, 7) is 11.9. The highest BCUT2D eigenvalue weighted by atomic mass is 127. The van der Waals surface area contributed by atoms with Gasteiger partial charge in [0, 0.05) is 33.3 Å². The molecule has 0 aromatic heterocycles. The van der Waals surface area contributed by atoms with E-state index in [1.807, 2.05) is 6.92 Å². The number of sulfonamides is 1. The highest BCUT2D eigenvalue weighted by Crippen LogP contribution is 2.22. The van der Waals surface area contributed by atoms with Crippen molar-refractivity contribution in [3.8, 4) is 0 Å². The highest BCUT2D eigenvalue weighted by molar-refractivity contribution is 14.0. The van der Waals surface area contributed by atoms with Gasteiger partial charge in [0.1, 0.15) is 0 Å². The monoisotopic (exact) mass is 504 g/mol. The maximum absolute atomic E-state index is 11.6. The van der Waals surface area contributed by atoms with Crippen LogP contribution in [0.15, 0.2) is 4.99 Å². The minimum absolute atomic E-state index is 0. The number of methoxy groups -OCH3 is 1. The second-order valence-corrected chi connectivity index (χ2v) is 9.78. The van der Waals surface area contributed by atoms with Crippen molar-refractivity contribution in [3.63, 3.8) is 0 Å². The molecule has 7 nitrogen and oxygen atoms in total. The van der Waals surface area contributed by atoms with E-state index in [4.69, 9.17) is 4.74 Å². The molecule has 1 atom stereocenters. The first kappa shape index (κ1) is 25.9. The zero-order chi connectivity index (χ0) is 19.1. The van der Waals surface area contributed by atoms with Crippen LogP contribution in [0.3, 0.4) is 0 Å². The Morgan fingerprint density at radius 3 is 2.27 bits per heavy atom. The van der Waals surface area contributed by atoms with Gasteiger partial charge in [-0.1, -0.05) is 20.8 Å². The number of nitrogens with one attached hydrogen (secondary N) is 2. The van der Waals surface area contributed by atoms with E-state index in [1.165, 1.54) is 6.26 Å². The van der Waals surface area contributed by atoms with E-state index in [9.17, 15) is 8.42 Å². The van der Waals surface area contributed by atoms with E-state index in [0.717, 1.165) is 31.9 Å². The van der Waals surface area contributed by atoms with Crippen molar-refractivity contribution in [1.82, 2.24) is 14.9 Å². The lowest BCUT2D eigenvalue weighted by atomic mass is 9.89. The minimum Gasteiger partial charge on any atom is -0.379 e. The summed E-state index contributed by atoms with van der Waals surface area (Å²) < 4.78 is 30.3. The standard InChI is InChI=1S/C17H36N4O3S.HI/c1-7-18-16(20-13-15(24-5)17(2,3)4)19-12-14-8-10-21(11-9-14)25(6,22)23;/h14-15H,7-13H2,1-6H3,(H2,18,19,20);1H. The smallest absolute Gasteiger partial charge is 0.211 e. The van der Waals surface area contributed by atoms with Gasteiger partial charge in [0.2, 0.25) is 10.0 Å². The average molecular weight is 504 g/mol. The Labute approximate surface area is 176 Å². The lowest BCUT2D eigenvalue weighted by Crippen LogP contribution is -2.44. The number of rotatable bonds is 7. The number of hydrogen-bond donors (Lipinski definition) is 2. The lowest BCUT2D eigenvalue weighted by molar-refractivity contribution is 0.0241. The molecule has 26 heavy (non-hydrogen) atoms. The van der Waals surface area contributed by atoms with Crippen molar-refractivity contribution in [2.24, 2.45) is 16.3 Å². The molecule has 0 aromatic carbocycles. The van der Waals surface area contributed by atoms with Crippen LogP contribution in [0.25, 0.3) is 0 Å². The van der Waals surface area contributed by atoms with Gasteiger partial charge in [-0.05, 0) is 31.1 Å². The Morgan fingerprint density at radius 2 is 1.85 bits per heavy atom. The Balaban J connectivity index is 0.00000625. The summed E-state index contributed by atoms with van der Waals surface area (Å²) in [4.78, 5) is 4.65. The summed E-state index contributed by atoms with van der Waals surface area (Å²) in [7, 11) is -1.34. The molecule has 0 aromatic rings. The van der Waals surface area contributed by atoms with E-state index >= 15 is 0 Å². The van der Waals surface area contributed by atoms with Crippen molar-refractivity contribution in [2.75, 3.05) is 46.1 Å². The summed E-state index contributed by atoms with van der Waals surface area (Å²) in [5, 5.41) is 6.65. The van der Waals surface area contributed by atoms with Crippen LogP contribution in [0, 0.1) is 11.3 Å². The third-order valence-electron chi connectivity index (χ3n) is 4.61. The van der Waals surface area contributed by atoms with Crippen molar-refractivity contribution in [1.29, 1.82) is 0 Å². The summed E-state index contributed by atoms with van der Waals surface area (Å²) in [6.07, 6.45) is 3.09. The molecule has 0 spiro atoms. The van der Waals surface area contributed by atoms with E-state index in [2.05, 4.69) is 36.4 Å². The number of aliphatic imine (C=N–C) groups is 1. The normalized spacial score (nSPS) is 18.9. The number of piperidine rings is 1. The average Bonchev–Trinajstić information content (AvgIpc) is 2.51. The van der Waals surface area contributed by atoms with Gasteiger partial charge in [-0.15, -0.1) is 24.0 Å². The molecule has 1 fully saturated rings. The molecule has 0 radical (unpaired) electrons. The van der Waals surface area contributed by atoms with E-state index < -0.39 is 10.0 Å². The number of halogens is 1. The highest BCUT2D eigenvalue weighted by Gasteiger charge is 2.26. The largest absolute Gasteiger partial charge is 0.379 e. The molecular weight excluding hydrogens is 467 g/mol. The minimum atomic E-state index is -3.06. The maximum atomic E-state index is 11.6. The van der Waals surface area contributed by atoms with E-state index in [-0.39, 0.29) is 35.5 Å². The van der Waals surface area contributed by atoms with Crippen LogP contribution < -0.4 is 10.6 Å². The fourth-order valence-corrected chi connectivity index (χ4v) is 3.78. The SMILES string of the molecule is CCNC(=NCC(OC)C(C)(C)C)NCC1CCN(S(C)(=O)=O)CC1.I. The van der Waals surface area contributed by atoms with Gasteiger partial charge in [0.25, 0.3) is 0 Å². The molecular formula is C17H37IN4O3S. The van der Waals surface area contributed by atoms with Gasteiger partial charge in [0.15, 0.2) is 5.96 Å². The zero-order valence-electron chi connectivity index (χ0n) is 17.0. The predicted molar refractivity (Wildman–Crippen MR) is 119 cm³/mol. The number of nitrogens with zero attached hydrogens (tertiary/aromatic N) is 2. The Morgan fingerprint density at radius 1 is 1.27 bits per heavy atom. The molecule has 1 saturated heterocycles. The topological polar surface area (TPSA) is 83.0 Å². The summed E-state index contributed by atoms with van der Waals surface area (Å²) in [5.74, 6) is 1.25. The third-order valence-corrected chi connectivity index (χ3v) is 5.91. The van der Waals surface area contributed by atoms with Gasteiger partial charge < -0.3 is 15.4 Å². The molecule has 1 aliphatic rings. The molecule has 1 rings (SSSR count). The van der Waals surface area contributed by atoms with Crippen LogP contribution in [0.4, 0.5) is 0 Å². The van der Waals surface area contributed by atoms with Crippen LogP contribution in [0.1, 0.15) is 40.5 Å². The van der Waals surface area contributed by atoms with Gasteiger partial charge in [-0.2, -0.15) is 0 Å². The third kappa shape index (κ3) is 9.18. The fraction of sp³-hybridized carbons (Fsp3) is 0.941. The van der Waals surface area contributed by atoms with Crippen LogP contribution in [0.5, 0.6) is 0 Å². The molecule has 0 saturated carbocycles. The first-order chi connectivity index (χ1) is 11.6. The molecule has 0 amide bonds. The predicted octanol–water partition coefficient (Wildman–Crippen LogP) is 1.89. The number of guanidine groups is 1.